The van der Waals surface area contributed by atoms with Crippen LogP contribution in [0.5, 0.6) is 0 Å². The third kappa shape index (κ3) is 1.40. The highest BCUT2D eigenvalue weighted by Crippen LogP contribution is 2.40. The van der Waals surface area contributed by atoms with Crippen molar-refractivity contribution in [3.05, 3.63) is 0 Å². The summed E-state index contributed by atoms with van der Waals surface area (Å²) in [5, 5.41) is 3.53. The Morgan fingerprint density at radius 3 is 2.62 bits per heavy atom. The van der Waals surface area contributed by atoms with Gasteiger partial charge in [0.05, 0.1) is 0 Å². The topological polar surface area (TPSA) is 15.3 Å². The predicted octanol–water partition coefficient (Wildman–Crippen LogP) is 1.61. The first-order valence-electron chi connectivity index (χ1n) is 5.68. The zero-order valence-electron chi connectivity index (χ0n) is 8.97. The van der Waals surface area contributed by atoms with Gasteiger partial charge in [-0.25, -0.2) is 0 Å². The first kappa shape index (κ1) is 9.47. The molecule has 1 N–H and O–H groups in total. The molecule has 76 valence electrons. The monoisotopic (exact) mass is 182 g/mol. The Bertz CT molecular complexity index is 181. The van der Waals surface area contributed by atoms with Crippen LogP contribution >= 0.6 is 0 Å². The molecule has 0 aromatic carbocycles. The first-order chi connectivity index (χ1) is 6.29. The van der Waals surface area contributed by atoms with Crippen LogP contribution < -0.4 is 5.32 Å². The van der Waals surface area contributed by atoms with E-state index >= 15 is 0 Å². The molecule has 2 nitrogen and oxygen atoms in total. The molecule has 1 spiro atoms. The van der Waals surface area contributed by atoms with Crippen molar-refractivity contribution in [2.75, 3.05) is 20.6 Å². The van der Waals surface area contributed by atoms with Crippen molar-refractivity contribution in [3.8, 4) is 0 Å². The van der Waals surface area contributed by atoms with Crippen molar-refractivity contribution in [2.24, 2.45) is 0 Å². The highest BCUT2D eigenvalue weighted by Gasteiger charge is 2.45. The van der Waals surface area contributed by atoms with E-state index in [9.17, 15) is 0 Å². The molecule has 0 amide bonds. The van der Waals surface area contributed by atoms with Crippen molar-refractivity contribution in [3.63, 3.8) is 0 Å². The summed E-state index contributed by atoms with van der Waals surface area (Å²) >= 11 is 0. The molecule has 0 aromatic rings. The number of likely N-dealkylation sites (tertiary alicyclic amines) is 1. The molecule has 0 unspecified atom stereocenters. The van der Waals surface area contributed by atoms with Gasteiger partial charge < -0.3 is 5.32 Å². The molecule has 13 heavy (non-hydrogen) atoms. The summed E-state index contributed by atoms with van der Waals surface area (Å²) in [6, 6.07) is 0.744. The van der Waals surface area contributed by atoms with E-state index in [1.807, 2.05) is 0 Å². The minimum Gasteiger partial charge on any atom is -0.315 e. The first-order valence-corrected chi connectivity index (χ1v) is 5.68. The van der Waals surface area contributed by atoms with Gasteiger partial charge in [0.15, 0.2) is 0 Å². The van der Waals surface area contributed by atoms with Gasteiger partial charge in [-0.1, -0.05) is 12.8 Å². The van der Waals surface area contributed by atoms with Gasteiger partial charge >= 0.3 is 0 Å². The van der Waals surface area contributed by atoms with Gasteiger partial charge in [0.25, 0.3) is 0 Å². The van der Waals surface area contributed by atoms with E-state index in [4.69, 9.17) is 0 Å². The summed E-state index contributed by atoms with van der Waals surface area (Å²) in [5.41, 5.74) is 0.521. The molecule has 2 fully saturated rings. The molecule has 0 bridgehead atoms. The molecule has 2 rings (SSSR count). The van der Waals surface area contributed by atoms with E-state index < -0.39 is 0 Å². The number of hydrogen-bond acceptors (Lipinski definition) is 2. The Hall–Kier alpha value is -0.0800. The second kappa shape index (κ2) is 3.58. The van der Waals surface area contributed by atoms with Gasteiger partial charge in [0, 0.05) is 11.6 Å². The van der Waals surface area contributed by atoms with E-state index in [2.05, 4.69) is 24.3 Å². The quantitative estimate of drug-likeness (QED) is 0.663. The largest absolute Gasteiger partial charge is 0.315 e. The molecule has 2 aliphatic rings. The lowest BCUT2D eigenvalue weighted by atomic mass is 9.76. The molecule has 2 heteroatoms. The van der Waals surface area contributed by atoms with E-state index in [-0.39, 0.29) is 0 Å². The number of rotatable bonds is 1. The third-order valence-electron chi connectivity index (χ3n) is 4.21. The van der Waals surface area contributed by atoms with Crippen molar-refractivity contribution in [2.45, 2.75) is 50.1 Å². The fourth-order valence-corrected chi connectivity index (χ4v) is 3.43. The van der Waals surface area contributed by atoms with Gasteiger partial charge in [-0.2, -0.15) is 0 Å². The molecule has 2 atom stereocenters. The average molecular weight is 182 g/mol. The van der Waals surface area contributed by atoms with Gasteiger partial charge in [-0.05, 0) is 46.3 Å². The molecular weight excluding hydrogens is 160 g/mol. The summed E-state index contributed by atoms with van der Waals surface area (Å²) in [4.78, 5) is 2.60. The highest BCUT2D eigenvalue weighted by atomic mass is 15.2. The van der Waals surface area contributed by atoms with E-state index in [0.717, 1.165) is 6.04 Å². The minimum atomic E-state index is 0.521. The Morgan fingerprint density at radius 2 is 2.00 bits per heavy atom. The predicted molar refractivity (Wildman–Crippen MR) is 55.9 cm³/mol. The fraction of sp³-hybridized carbons (Fsp3) is 1.00. The SMILES string of the molecule is CN[C@@H]1CCCC[C@]12CCCN2C. The fourth-order valence-electron chi connectivity index (χ4n) is 3.43. The van der Waals surface area contributed by atoms with Crippen LogP contribution in [0.2, 0.25) is 0 Å². The Labute approximate surface area is 81.7 Å². The van der Waals surface area contributed by atoms with Crippen LogP contribution in [-0.2, 0) is 0 Å². The van der Waals surface area contributed by atoms with Crippen LogP contribution in [0.15, 0.2) is 0 Å². The Kier molecular flexibility index (Phi) is 2.61. The second-order valence-electron chi connectivity index (χ2n) is 4.72. The van der Waals surface area contributed by atoms with E-state index in [1.165, 1.54) is 45.1 Å². The molecule has 1 saturated heterocycles. The molecule has 1 aliphatic heterocycles. The van der Waals surface area contributed by atoms with Crippen molar-refractivity contribution >= 4 is 0 Å². The second-order valence-corrected chi connectivity index (χ2v) is 4.72. The van der Waals surface area contributed by atoms with E-state index in [0.29, 0.717) is 5.54 Å². The molecule has 1 aliphatic carbocycles. The molecular formula is C11H22N2. The minimum absolute atomic E-state index is 0.521. The van der Waals surface area contributed by atoms with Crippen LogP contribution in [-0.4, -0.2) is 37.1 Å². The molecule has 1 heterocycles. The molecule has 0 aromatic heterocycles. The summed E-state index contributed by atoms with van der Waals surface area (Å²) in [5.74, 6) is 0. The Morgan fingerprint density at radius 1 is 1.23 bits per heavy atom. The summed E-state index contributed by atoms with van der Waals surface area (Å²) < 4.78 is 0. The van der Waals surface area contributed by atoms with Gasteiger partial charge in [0.1, 0.15) is 0 Å². The van der Waals surface area contributed by atoms with Crippen LogP contribution in [0.3, 0.4) is 0 Å². The maximum Gasteiger partial charge on any atom is 0.0359 e. The molecule has 0 radical (unpaired) electrons. The summed E-state index contributed by atoms with van der Waals surface area (Å²) in [6.07, 6.45) is 8.45. The zero-order chi connectivity index (χ0) is 9.31. The van der Waals surface area contributed by atoms with Gasteiger partial charge in [-0.3, -0.25) is 4.90 Å². The smallest absolute Gasteiger partial charge is 0.0359 e. The van der Waals surface area contributed by atoms with Crippen molar-refractivity contribution in [1.82, 2.24) is 10.2 Å². The van der Waals surface area contributed by atoms with E-state index in [1.54, 1.807) is 0 Å². The Balaban J connectivity index is 2.15. The van der Waals surface area contributed by atoms with Crippen LogP contribution in [0, 0.1) is 0 Å². The maximum absolute atomic E-state index is 3.53. The van der Waals surface area contributed by atoms with Crippen LogP contribution in [0.4, 0.5) is 0 Å². The standard InChI is InChI=1S/C11H22N2/c1-12-10-6-3-4-7-11(10)8-5-9-13(11)2/h10,12H,3-9H2,1-2H3/t10-,11+/m1/s1. The van der Waals surface area contributed by atoms with Gasteiger partial charge in [-0.15, -0.1) is 0 Å². The number of nitrogens with one attached hydrogen (secondary N) is 1. The number of likely N-dealkylation sites (N-methyl/N-ethyl adjacent to an activating group) is 2. The lowest BCUT2D eigenvalue weighted by Crippen LogP contribution is -2.57. The lowest BCUT2D eigenvalue weighted by molar-refractivity contribution is 0.0814. The van der Waals surface area contributed by atoms with Crippen LogP contribution in [0.1, 0.15) is 38.5 Å². The number of hydrogen-bond donors (Lipinski definition) is 1. The van der Waals surface area contributed by atoms with Crippen LogP contribution in [0.25, 0.3) is 0 Å². The summed E-state index contributed by atoms with van der Waals surface area (Å²) in [7, 11) is 4.44. The van der Waals surface area contributed by atoms with Crippen molar-refractivity contribution < 1.29 is 0 Å². The number of nitrogens with zero attached hydrogens (tertiary/aromatic N) is 1. The average Bonchev–Trinajstić information content (AvgIpc) is 2.50. The maximum atomic E-state index is 3.53. The van der Waals surface area contributed by atoms with Crippen molar-refractivity contribution in [1.29, 1.82) is 0 Å². The molecule has 1 saturated carbocycles. The third-order valence-corrected chi connectivity index (χ3v) is 4.21. The van der Waals surface area contributed by atoms with Gasteiger partial charge in [0.2, 0.25) is 0 Å². The summed E-state index contributed by atoms with van der Waals surface area (Å²) in [6.45, 7) is 1.30. The highest BCUT2D eigenvalue weighted by molar-refractivity contribution is 5.04. The lowest BCUT2D eigenvalue weighted by Gasteiger charge is -2.46. The zero-order valence-corrected chi connectivity index (χ0v) is 8.97. The normalized spacial score (nSPS) is 41.5.